The monoisotopic (exact) mass is 388 g/mol. The van der Waals surface area contributed by atoms with Crippen molar-refractivity contribution in [1.29, 1.82) is 0 Å². The highest BCUT2D eigenvalue weighted by Crippen LogP contribution is 2.40. The summed E-state index contributed by atoms with van der Waals surface area (Å²) >= 11 is 0. The van der Waals surface area contributed by atoms with E-state index in [-0.39, 0.29) is 5.41 Å². The molecule has 0 aliphatic carbocycles. The zero-order valence-corrected chi connectivity index (χ0v) is 17.5. The highest BCUT2D eigenvalue weighted by molar-refractivity contribution is 6.25. The summed E-state index contributed by atoms with van der Waals surface area (Å²) in [4.78, 5) is 3.66. The quantitative estimate of drug-likeness (QED) is 0.298. The molecule has 0 saturated carbocycles. The van der Waals surface area contributed by atoms with E-state index in [9.17, 15) is 0 Å². The van der Waals surface area contributed by atoms with Gasteiger partial charge in [0.1, 0.15) is 0 Å². The van der Waals surface area contributed by atoms with Crippen LogP contribution in [0.15, 0.2) is 84.9 Å². The summed E-state index contributed by atoms with van der Waals surface area (Å²) in [7, 11) is 0. The molecule has 2 heteroatoms. The van der Waals surface area contributed by atoms with E-state index >= 15 is 0 Å². The van der Waals surface area contributed by atoms with Gasteiger partial charge in [0, 0.05) is 38.3 Å². The van der Waals surface area contributed by atoms with Gasteiger partial charge in [0.25, 0.3) is 0 Å². The lowest BCUT2D eigenvalue weighted by atomic mass is 9.86. The van der Waals surface area contributed by atoms with E-state index in [1.165, 1.54) is 54.9 Å². The van der Waals surface area contributed by atoms with Crippen molar-refractivity contribution in [2.75, 3.05) is 0 Å². The third-order valence-electron chi connectivity index (χ3n) is 6.28. The summed E-state index contributed by atoms with van der Waals surface area (Å²) in [6.45, 7) is 6.83. The number of aromatic amines is 1. The van der Waals surface area contributed by atoms with Gasteiger partial charge >= 0.3 is 0 Å². The molecule has 0 spiro atoms. The number of rotatable bonds is 1. The maximum absolute atomic E-state index is 3.66. The van der Waals surface area contributed by atoms with Crippen molar-refractivity contribution in [2.45, 2.75) is 26.2 Å². The van der Waals surface area contributed by atoms with Gasteiger partial charge < -0.3 is 9.55 Å². The van der Waals surface area contributed by atoms with Crippen molar-refractivity contribution in [1.82, 2.24) is 9.55 Å². The van der Waals surface area contributed by atoms with Crippen molar-refractivity contribution in [3.63, 3.8) is 0 Å². The first-order chi connectivity index (χ1) is 14.5. The minimum atomic E-state index is 0.109. The molecule has 0 amide bonds. The van der Waals surface area contributed by atoms with Crippen LogP contribution in [-0.4, -0.2) is 9.55 Å². The first-order valence-electron chi connectivity index (χ1n) is 10.6. The molecule has 0 atom stereocenters. The normalized spacial score (nSPS) is 12.5. The van der Waals surface area contributed by atoms with E-state index in [1.807, 2.05) is 0 Å². The molecular formula is C28H24N2. The van der Waals surface area contributed by atoms with Crippen LogP contribution in [0.25, 0.3) is 49.3 Å². The standard InChI is InChI=1S/C28H24N2/c1-28(2,3)18-13-15-23-22(17-18)26-24(29-23)16-14-21-20-11-7-8-12-25(20)30(27(21)26)19-9-5-4-6-10-19/h4-17,29H,1-3H3. The van der Waals surface area contributed by atoms with Crippen LogP contribution >= 0.6 is 0 Å². The summed E-state index contributed by atoms with van der Waals surface area (Å²) < 4.78 is 2.42. The molecule has 0 radical (unpaired) electrons. The van der Waals surface area contributed by atoms with Crippen molar-refractivity contribution >= 4 is 43.6 Å². The Hall–Kier alpha value is -3.52. The van der Waals surface area contributed by atoms with E-state index < -0.39 is 0 Å². The van der Waals surface area contributed by atoms with Crippen LogP contribution in [0.4, 0.5) is 0 Å². The van der Waals surface area contributed by atoms with E-state index in [1.54, 1.807) is 0 Å². The SMILES string of the molecule is CC(C)(C)c1ccc2[nH]c3ccc4c5ccccc5n(-c5ccccc5)c4c3c2c1. The minimum Gasteiger partial charge on any atom is -0.354 e. The van der Waals surface area contributed by atoms with Crippen LogP contribution in [0, 0.1) is 0 Å². The fraction of sp³-hybridized carbons (Fsp3) is 0.143. The fourth-order valence-corrected chi connectivity index (χ4v) is 4.75. The number of fused-ring (bicyclic) bond motifs is 7. The van der Waals surface area contributed by atoms with Gasteiger partial charge in [-0.15, -0.1) is 0 Å². The molecule has 0 unspecified atom stereocenters. The lowest BCUT2D eigenvalue weighted by Gasteiger charge is -2.19. The van der Waals surface area contributed by atoms with Gasteiger partial charge in [0.2, 0.25) is 0 Å². The molecule has 6 aromatic rings. The number of nitrogens with one attached hydrogen (secondary N) is 1. The topological polar surface area (TPSA) is 20.7 Å². The molecule has 146 valence electrons. The fourth-order valence-electron chi connectivity index (χ4n) is 4.75. The van der Waals surface area contributed by atoms with Gasteiger partial charge in [0.05, 0.1) is 11.0 Å². The van der Waals surface area contributed by atoms with Crippen molar-refractivity contribution < 1.29 is 0 Å². The molecule has 2 aromatic heterocycles. The maximum Gasteiger partial charge on any atom is 0.0641 e. The molecule has 30 heavy (non-hydrogen) atoms. The van der Waals surface area contributed by atoms with E-state index in [0.29, 0.717) is 0 Å². The number of benzene rings is 4. The molecule has 0 aliphatic rings. The molecule has 4 aromatic carbocycles. The van der Waals surface area contributed by atoms with Crippen molar-refractivity contribution in [3.05, 3.63) is 90.5 Å². The van der Waals surface area contributed by atoms with E-state index in [4.69, 9.17) is 0 Å². The van der Waals surface area contributed by atoms with E-state index in [0.717, 1.165) is 0 Å². The average molecular weight is 389 g/mol. The van der Waals surface area contributed by atoms with Crippen LogP contribution in [0.1, 0.15) is 26.3 Å². The Morgan fingerprint density at radius 2 is 1.40 bits per heavy atom. The second-order valence-electron chi connectivity index (χ2n) is 9.21. The van der Waals surface area contributed by atoms with E-state index in [2.05, 4.69) is 115 Å². The Bertz CT molecular complexity index is 1560. The van der Waals surface area contributed by atoms with Gasteiger partial charge in [-0.1, -0.05) is 69.3 Å². The van der Waals surface area contributed by atoms with Crippen LogP contribution in [0.3, 0.4) is 0 Å². The van der Waals surface area contributed by atoms with Crippen molar-refractivity contribution in [2.24, 2.45) is 0 Å². The largest absolute Gasteiger partial charge is 0.354 e. The molecule has 0 fully saturated rings. The maximum atomic E-state index is 3.66. The lowest BCUT2D eigenvalue weighted by molar-refractivity contribution is 0.591. The number of aromatic nitrogens is 2. The Morgan fingerprint density at radius 1 is 0.667 bits per heavy atom. The summed E-state index contributed by atoms with van der Waals surface area (Å²) in [5.41, 5.74) is 7.55. The molecule has 2 nitrogen and oxygen atoms in total. The first-order valence-corrected chi connectivity index (χ1v) is 10.6. The molecule has 2 heterocycles. The summed E-state index contributed by atoms with van der Waals surface area (Å²) in [6.07, 6.45) is 0. The van der Waals surface area contributed by atoms with Gasteiger partial charge in [-0.3, -0.25) is 0 Å². The van der Waals surface area contributed by atoms with Crippen LogP contribution < -0.4 is 0 Å². The predicted octanol–water partition coefficient (Wildman–Crippen LogP) is 7.72. The third-order valence-corrected chi connectivity index (χ3v) is 6.28. The summed E-state index contributed by atoms with van der Waals surface area (Å²) in [6, 6.07) is 30.8. The predicted molar refractivity (Wildman–Crippen MR) is 129 cm³/mol. The number of hydrogen-bond acceptors (Lipinski definition) is 0. The Labute approximate surface area is 175 Å². The first kappa shape index (κ1) is 17.3. The minimum absolute atomic E-state index is 0.109. The molecule has 1 N–H and O–H groups in total. The molecular weight excluding hydrogens is 364 g/mol. The van der Waals surface area contributed by atoms with Gasteiger partial charge in [-0.25, -0.2) is 0 Å². The molecule has 6 rings (SSSR count). The molecule has 0 aliphatic heterocycles. The number of nitrogens with zero attached hydrogens (tertiary/aromatic N) is 1. The van der Waals surface area contributed by atoms with Crippen LogP contribution in [0.2, 0.25) is 0 Å². The van der Waals surface area contributed by atoms with Gasteiger partial charge in [0.15, 0.2) is 0 Å². The zero-order valence-electron chi connectivity index (χ0n) is 17.5. The number of para-hydroxylation sites is 2. The highest BCUT2D eigenvalue weighted by Gasteiger charge is 2.19. The van der Waals surface area contributed by atoms with Crippen molar-refractivity contribution in [3.8, 4) is 5.69 Å². The number of H-pyrrole nitrogens is 1. The Morgan fingerprint density at radius 3 is 2.20 bits per heavy atom. The second-order valence-corrected chi connectivity index (χ2v) is 9.21. The number of hydrogen-bond donors (Lipinski definition) is 1. The molecule has 0 bridgehead atoms. The summed E-state index contributed by atoms with van der Waals surface area (Å²) in [5, 5.41) is 5.18. The van der Waals surface area contributed by atoms with Crippen LogP contribution in [0.5, 0.6) is 0 Å². The van der Waals surface area contributed by atoms with Gasteiger partial charge in [-0.2, -0.15) is 0 Å². The smallest absolute Gasteiger partial charge is 0.0641 e. The Balaban J connectivity index is 1.87. The second kappa shape index (κ2) is 5.99. The Kier molecular flexibility index (Phi) is 3.47. The highest BCUT2D eigenvalue weighted by atomic mass is 15.0. The van der Waals surface area contributed by atoms with Gasteiger partial charge in [-0.05, 0) is 47.4 Å². The average Bonchev–Trinajstić information content (AvgIpc) is 3.28. The molecule has 0 saturated heterocycles. The third kappa shape index (κ3) is 2.37. The summed E-state index contributed by atoms with van der Waals surface area (Å²) in [5.74, 6) is 0. The van der Waals surface area contributed by atoms with Crippen LogP contribution in [-0.2, 0) is 5.41 Å². The zero-order chi connectivity index (χ0) is 20.5. The lowest BCUT2D eigenvalue weighted by Crippen LogP contribution is -2.10.